The van der Waals surface area contributed by atoms with Gasteiger partial charge in [-0.25, -0.2) is 4.79 Å². The highest BCUT2D eigenvalue weighted by Gasteiger charge is 2.60. The Hall–Kier alpha value is -2.32. The molecule has 0 aliphatic carbocycles. The van der Waals surface area contributed by atoms with Crippen molar-refractivity contribution >= 4 is 38.6 Å². The summed E-state index contributed by atoms with van der Waals surface area (Å²) in [4.78, 5) is 27.0. The highest BCUT2D eigenvalue weighted by atomic mass is 35.5. The topological polar surface area (TPSA) is 103 Å². The minimum Gasteiger partial charge on any atom is -0.409 e. The molecule has 2 N–H and O–H groups in total. The summed E-state index contributed by atoms with van der Waals surface area (Å²) >= 11 is 7.15. The largest absolute Gasteiger partial charge is 0.409 e. The van der Waals surface area contributed by atoms with Crippen molar-refractivity contribution in [1.29, 1.82) is 0 Å². The molecule has 0 spiro atoms. The van der Waals surface area contributed by atoms with Crippen LogP contribution in [-0.4, -0.2) is 61.6 Å². The Morgan fingerprint density at radius 1 is 0.930 bits per heavy atom. The molecule has 2 heterocycles. The molecule has 0 unspecified atom stereocenters. The number of H-pyrrole nitrogens is 1. The summed E-state index contributed by atoms with van der Waals surface area (Å²) in [6.45, 7) is 16.6. The fourth-order valence-electron chi connectivity index (χ4n) is 5.60. The number of aromatic nitrogens is 2. The van der Waals surface area contributed by atoms with Gasteiger partial charge in [0.05, 0.1) is 19.3 Å². The number of rotatable bonds is 9. The van der Waals surface area contributed by atoms with Crippen molar-refractivity contribution in [3.63, 3.8) is 0 Å². The monoisotopic (exact) mass is 644 g/mol. The molecule has 0 radical (unpaired) electrons. The van der Waals surface area contributed by atoms with E-state index in [0.717, 1.165) is 10.4 Å². The number of aromatic amines is 1. The van der Waals surface area contributed by atoms with Crippen LogP contribution in [-0.2, 0) is 13.6 Å². The minimum absolute atomic E-state index is 0.0338. The van der Waals surface area contributed by atoms with E-state index >= 15 is 0 Å². The first-order chi connectivity index (χ1) is 20.0. The Labute approximate surface area is 261 Å². The molecule has 2 aromatic carbocycles. The lowest BCUT2D eigenvalue weighted by Crippen LogP contribution is -2.68. The van der Waals surface area contributed by atoms with Crippen LogP contribution in [0.5, 0.6) is 0 Å². The number of halogens is 1. The Morgan fingerprint density at radius 3 is 1.91 bits per heavy atom. The fourth-order valence-corrected chi connectivity index (χ4v) is 12.1. The van der Waals surface area contributed by atoms with Crippen LogP contribution in [0.1, 0.15) is 47.8 Å². The van der Waals surface area contributed by atoms with Gasteiger partial charge in [-0.2, -0.15) is 0 Å². The van der Waals surface area contributed by atoms with Gasteiger partial charge < -0.3 is 18.7 Å². The van der Waals surface area contributed by atoms with Crippen LogP contribution < -0.4 is 21.6 Å². The number of alkyl halides is 1. The zero-order valence-electron chi connectivity index (χ0n) is 26.4. The van der Waals surface area contributed by atoms with Crippen molar-refractivity contribution in [3.8, 4) is 0 Å². The average Bonchev–Trinajstić information content (AvgIpc) is 3.20. The second kappa shape index (κ2) is 12.2. The summed E-state index contributed by atoms with van der Waals surface area (Å²) in [5, 5.41) is 12.0. The third-order valence-corrected chi connectivity index (χ3v) is 18.9. The first-order valence-corrected chi connectivity index (χ1v) is 19.9. The molecule has 4 rings (SSSR count). The number of aliphatic hydroxyl groups is 1. The van der Waals surface area contributed by atoms with Crippen molar-refractivity contribution in [3.05, 3.63) is 93.8 Å². The molecule has 1 saturated heterocycles. The number of hydrogen-bond acceptors (Lipinski definition) is 6. The summed E-state index contributed by atoms with van der Waals surface area (Å²) in [5.41, 5.74) is -2.59. The van der Waals surface area contributed by atoms with Crippen LogP contribution in [0, 0.1) is 0 Å². The molecule has 234 valence electrons. The van der Waals surface area contributed by atoms with Crippen LogP contribution in [0.4, 0.5) is 0 Å². The smallest absolute Gasteiger partial charge is 0.330 e. The number of aliphatic hydroxyl groups excluding tert-OH is 1. The molecular weight excluding hydrogens is 600 g/mol. The standard InChI is InChI=1S/C32H45ClN2O6Si2/c1-30(2,3)42(7,8)41-27-26(33)28(35-20-19-25(37)34-29(35)38)40-32(27,21-36)22-39-43(31(4,5)6,23-15-11-9-12-16-23)24-17-13-10-14-18-24/h9-20,26-28,36H,21-22H2,1-8H3,(H,34,37,38)/t26-,27+,28-,32-/m1/s1. The van der Waals surface area contributed by atoms with Gasteiger partial charge in [-0.3, -0.25) is 14.3 Å². The fraction of sp³-hybridized carbons (Fsp3) is 0.500. The normalized spacial score (nSPS) is 23.4. The molecule has 1 aliphatic heterocycles. The van der Waals surface area contributed by atoms with E-state index in [-0.39, 0.29) is 16.7 Å². The predicted molar refractivity (Wildman–Crippen MR) is 177 cm³/mol. The zero-order valence-corrected chi connectivity index (χ0v) is 29.1. The van der Waals surface area contributed by atoms with E-state index in [1.807, 2.05) is 36.4 Å². The Balaban J connectivity index is 1.87. The van der Waals surface area contributed by atoms with Crippen LogP contribution in [0.2, 0.25) is 23.2 Å². The molecule has 0 bridgehead atoms. The summed E-state index contributed by atoms with van der Waals surface area (Å²) < 4.78 is 22.0. The molecule has 8 nitrogen and oxygen atoms in total. The quantitative estimate of drug-likeness (QED) is 0.265. The van der Waals surface area contributed by atoms with E-state index < -0.39 is 57.8 Å². The van der Waals surface area contributed by atoms with Crippen LogP contribution in [0.15, 0.2) is 82.5 Å². The maximum atomic E-state index is 12.9. The number of ether oxygens (including phenoxy) is 1. The van der Waals surface area contributed by atoms with Gasteiger partial charge in [0, 0.05) is 12.3 Å². The SMILES string of the molecule is CC(C)(C)[Si](C)(C)O[C@H]1[C@@H](Cl)[C@H](n2ccc(=O)[nH]c2=O)O[C@]1(CO)CO[Si](c1ccccc1)(c1ccccc1)C(C)(C)C. The zero-order chi connectivity index (χ0) is 31.8. The summed E-state index contributed by atoms with van der Waals surface area (Å²) in [7, 11) is -5.52. The molecule has 1 fully saturated rings. The second-order valence-electron chi connectivity index (χ2n) is 13.9. The second-order valence-corrected chi connectivity index (χ2v) is 23.5. The van der Waals surface area contributed by atoms with Crippen LogP contribution >= 0.6 is 11.6 Å². The van der Waals surface area contributed by atoms with Crippen molar-refractivity contribution in [2.75, 3.05) is 13.2 Å². The first-order valence-electron chi connectivity index (χ1n) is 14.7. The van der Waals surface area contributed by atoms with E-state index in [1.54, 1.807) is 0 Å². The number of benzene rings is 2. The van der Waals surface area contributed by atoms with E-state index in [2.05, 4.69) is 83.9 Å². The summed E-state index contributed by atoms with van der Waals surface area (Å²) in [6.07, 6.45) is -0.473. The lowest BCUT2D eigenvalue weighted by Gasteiger charge is -2.47. The number of nitrogens with zero attached hydrogens (tertiary/aromatic N) is 1. The predicted octanol–water partition coefficient (Wildman–Crippen LogP) is 4.37. The van der Waals surface area contributed by atoms with Gasteiger partial charge >= 0.3 is 5.69 Å². The van der Waals surface area contributed by atoms with Crippen molar-refractivity contribution < 1.29 is 18.7 Å². The maximum Gasteiger partial charge on any atom is 0.330 e. The van der Waals surface area contributed by atoms with Crippen molar-refractivity contribution in [2.45, 2.75) is 88.0 Å². The average molecular weight is 645 g/mol. The van der Waals surface area contributed by atoms with Crippen molar-refractivity contribution in [1.82, 2.24) is 9.55 Å². The lowest BCUT2D eigenvalue weighted by atomic mass is 9.98. The van der Waals surface area contributed by atoms with E-state index in [1.165, 1.54) is 16.8 Å². The molecule has 3 aromatic rings. The minimum atomic E-state index is -3.04. The van der Waals surface area contributed by atoms with Gasteiger partial charge in [0.15, 0.2) is 14.5 Å². The molecule has 4 atom stereocenters. The van der Waals surface area contributed by atoms with E-state index in [9.17, 15) is 14.7 Å². The molecule has 11 heteroatoms. The highest BCUT2D eigenvalue weighted by molar-refractivity contribution is 6.99. The Kier molecular flexibility index (Phi) is 9.55. The summed E-state index contributed by atoms with van der Waals surface area (Å²) in [6, 6.07) is 21.7. The molecular formula is C32H45ClN2O6Si2. The maximum absolute atomic E-state index is 12.9. The molecule has 1 aromatic heterocycles. The molecule has 43 heavy (non-hydrogen) atoms. The highest BCUT2D eigenvalue weighted by Crippen LogP contribution is 2.47. The number of hydrogen-bond donors (Lipinski definition) is 2. The Morgan fingerprint density at radius 2 is 1.47 bits per heavy atom. The summed E-state index contributed by atoms with van der Waals surface area (Å²) in [5.74, 6) is 0. The van der Waals surface area contributed by atoms with Gasteiger partial charge in [0.1, 0.15) is 11.0 Å². The molecule has 1 aliphatic rings. The van der Waals surface area contributed by atoms with Crippen molar-refractivity contribution in [2.24, 2.45) is 0 Å². The lowest BCUT2D eigenvalue weighted by molar-refractivity contribution is -0.144. The van der Waals surface area contributed by atoms with Crippen LogP contribution in [0.25, 0.3) is 0 Å². The molecule has 0 saturated carbocycles. The van der Waals surface area contributed by atoms with Gasteiger partial charge in [0.2, 0.25) is 0 Å². The van der Waals surface area contributed by atoms with E-state index in [4.69, 9.17) is 25.2 Å². The van der Waals surface area contributed by atoms with Crippen LogP contribution in [0.3, 0.4) is 0 Å². The number of nitrogens with one attached hydrogen (secondary N) is 1. The third kappa shape index (κ3) is 6.29. The van der Waals surface area contributed by atoms with Gasteiger partial charge in [-0.15, -0.1) is 11.6 Å². The van der Waals surface area contributed by atoms with Gasteiger partial charge in [-0.05, 0) is 33.5 Å². The third-order valence-electron chi connectivity index (χ3n) is 9.01. The molecule has 0 amide bonds. The van der Waals surface area contributed by atoms with Gasteiger partial charge in [-0.1, -0.05) is 102 Å². The van der Waals surface area contributed by atoms with Gasteiger partial charge in [0.25, 0.3) is 13.9 Å². The Bertz CT molecular complexity index is 1460. The first kappa shape index (κ1) is 33.6. The van der Waals surface area contributed by atoms with E-state index in [0.29, 0.717) is 0 Å².